The number of hydrogen-bond donors (Lipinski definition) is 0. The molecule has 0 atom stereocenters. The summed E-state index contributed by atoms with van der Waals surface area (Å²) in [5, 5.41) is 17.7. The Kier molecular flexibility index (Phi) is 3.42. The third kappa shape index (κ3) is 3.20. The average molecular weight is 303 g/mol. The minimum Gasteiger partial charge on any atom is -0.303 e. The van der Waals surface area contributed by atoms with Gasteiger partial charge in [0.1, 0.15) is 0 Å². The van der Waals surface area contributed by atoms with E-state index in [-0.39, 0.29) is 11.7 Å². The van der Waals surface area contributed by atoms with Gasteiger partial charge in [-0.15, -0.1) is 5.10 Å². The van der Waals surface area contributed by atoms with Gasteiger partial charge in [-0.2, -0.15) is 23.4 Å². The predicted molar refractivity (Wildman–Crippen MR) is 65.4 cm³/mol. The first kappa shape index (κ1) is 14.4. The SMILES string of the molecule is CC1(CCN2CCC(n3nnnc3C(F)(F)F)CC2)N=N1. The van der Waals surface area contributed by atoms with Gasteiger partial charge in [0.25, 0.3) is 5.82 Å². The third-order valence-electron chi connectivity index (χ3n) is 3.99. The molecule has 116 valence electrons. The van der Waals surface area contributed by atoms with Gasteiger partial charge < -0.3 is 4.90 Å². The smallest absolute Gasteiger partial charge is 0.303 e. The van der Waals surface area contributed by atoms with Gasteiger partial charge in [-0.1, -0.05) is 0 Å². The van der Waals surface area contributed by atoms with E-state index in [9.17, 15) is 13.2 Å². The van der Waals surface area contributed by atoms with Crippen LogP contribution >= 0.6 is 0 Å². The molecule has 1 saturated heterocycles. The molecule has 10 heteroatoms. The average Bonchev–Trinajstić information content (AvgIpc) is 2.98. The zero-order chi connectivity index (χ0) is 15.1. The Labute approximate surface area is 119 Å². The molecular formula is C11H16F3N7. The van der Waals surface area contributed by atoms with Crippen molar-refractivity contribution in [3.8, 4) is 0 Å². The zero-order valence-electron chi connectivity index (χ0n) is 11.6. The van der Waals surface area contributed by atoms with E-state index in [1.165, 1.54) is 0 Å². The lowest BCUT2D eigenvalue weighted by Gasteiger charge is -2.32. The van der Waals surface area contributed by atoms with E-state index >= 15 is 0 Å². The quantitative estimate of drug-likeness (QED) is 0.851. The minimum atomic E-state index is -4.51. The van der Waals surface area contributed by atoms with Crippen molar-refractivity contribution in [1.82, 2.24) is 25.1 Å². The molecule has 1 fully saturated rings. The van der Waals surface area contributed by atoms with Crippen LogP contribution in [-0.4, -0.2) is 50.4 Å². The van der Waals surface area contributed by atoms with Crippen LogP contribution in [0.4, 0.5) is 13.2 Å². The fraction of sp³-hybridized carbons (Fsp3) is 0.909. The first-order valence-electron chi connectivity index (χ1n) is 6.89. The molecular weight excluding hydrogens is 287 g/mol. The van der Waals surface area contributed by atoms with Crippen LogP contribution < -0.4 is 0 Å². The topological polar surface area (TPSA) is 71.6 Å². The summed E-state index contributed by atoms with van der Waals surface area (Å²) in [6, 6.07) is -0.293. The van der Waals surface area contributed by atoms with E-state index in [0.717, 1.165) is 30.7 Å². The van der Waals surface area contributed by atoms with Crippen LogP contribution in [0.2, 0.25) is 0 Å². The number of likely N-dealkylation sites (tertiary alicyclic amines) is 1. The van der Waals surface area contributed by atoms with Gasteiger partial charge in [-0.3, -0.25) is 0 Å². The molecule has 0 bridgehead atoms. The highest BCUT2D eigenvalue weighted by Crippen LogP contribution is 2.33. The molecule has 0 aliphatic carbocycles. The second kappa shape index (κ2) is 5.00. The van der Waals surface area contributed by atoms with Gasteiger partial charge in [0.05, 0.1) is 6.04 Å². The molecule has 2 aliphatic rings. The number of piperidine rings is 1. The van der Waals surface area contributed by atoms with Crippen LogP contribution in [0.1, 0.15) is 38.1 Å². The van der Waals surface area contributed by atoms with Crippen LogP contribution in [0, 0.1) is 0 Å². The second-order valence-electron chi connectivity index (χ2n) is 5.68. The molecule has 1 aromatic heterocycles. The Bertz CT molecular complexity index is 524. The number of hydrogen-bond acceptors (Lipinski definition) is 6. The van der Waals surface area contributed by atoms with Crippen molar-refractivity contribution in [1.29, 1.82) is 0 Å². The highest BCUT2D eigenvalue weighted by Gasteiger charge is 2.40. The van der Waals surface area contributed by atoms with E-state index in [1.807, 2.05) is 6.92 Å². The molecule has 21 heavy (non-hydrogen) atoms. The molecule has 0 N–H and O–H groups in total. The lowest BCUT2D eigenvalue weighted by molar-refractivity contribution is -0.149. The number of nitrogens with zero attached hydrogens (tertiary/aromatic N) is 7. The Hall–Kier alpha value is -1.58. The van der Waals surface area contributed by atoms with E-state index < -0.39 is 12.0 Å². The number of aromatic nitrogens is 4. The van der Waals surface area contributed by atoms with Crippen molar-refractivity contribution in [2.24, 2.45) is 10.2 Å². The summed E-state index contributed by atoms with van der Waals surface area (Å²) < 4.78 is 39.3. The first-order chi connectivity index (χ1) is 9.87. The molecule has 0 amide bonds. The van der Waals surface area contributed by atoms with Crippen LogP contribution in [-0.2, 0) is 6.18 Å². The molecule has 0 aromatic carbocycles. The number of rotatable bonds is 4. The van der Waals surface area contributed by atoms with Gasteiger partial charge in [-0.05, 0) is 30.2 Å². The van der Waals surface area contributed by atoms with Crippen molar-refractivity contribution in [2.75, 3.05) is 19.6 Å². The molecule has 2 aliphatic heterocycles. The van der Waals surface area contributed by atoms with Crippen molar-refractivity contribution < 1.29 is 13.2 Å². The summed E-state index contributed by atoms with van der Waals surface area (Å²) in [5.41, 5.74) is -0.226. The maximum atomic E-state index is 12.8. The molecule has 0 spiro atoms. The summed E-state index contributed by atoms with van der Waals surface area (Å²) in [5.74, 6) is -1.01. The van der Waals surface area contributed by atoms with E-state index in [0.29, 0.717) is 12.8 Å². The van der Waals surface area contributed by atoms with Crippen molar-refractivity contribution in [3.63, 3.8) is 0 Å². The maximum absolute atomic E-state index is 12.8. The summed E-state index contributed by atoms with van der Waals surface area (Å²) in [6.07, 6.45) is -2.43. The summed E-state index contributed by atoms with van der Waals surface area (Å²) in [6.45, 7) is 4.30. The van der Waals surface area contributed by atoms with Crippen molar-refractivity contribution in [3.05, 3.63) is 5.82 Å². The summed E-state index contributed by atoms with van der Waals surface area (Å²) in [7, 11) is 0. The lowest BCUT2D eigenvalue weighted by Crippen LogP contribution is -2.37. The fourth-order valence-corrected chi connectivity index (χ4v) is 2.57. The van der Waals surface area contributed by atoms with Crippen LogP contribution in [0.3, 0.4) is 0 Å². The molecule has 3 heterocycles. The Morgan fingerprint density at radius 1 is 1.24 bits per heavy atom. The van der Waals surface area contributed by atoms with Crippen LogP contribution in [0.5, 0.6) is 0 Å². The molecule has 7 nitrogen and oxygen atoms in total. The van der Waals surface area contributed by atoms with Crippen LogP contribution in [0.25, 0.3) is 0 Å². The molecule has 0 saturated carbocycles. The summed E-state index contributed by atoms with van der Waals surface area (Å²) in [4.78, 5) is 2.22. The maximum Gasteiger partial charge on any atom is 0.453 e. The highest BCUT2D eigenvalue weighted by molar-refractivity contribution is 4.92. The monoisotopic (exact) mass is 303 g/mol. The van der Waals surface area contributed by atoms with Gasteiger partial charge in [0.15, 0.2) is 5.66 Å². The minimum absolute atomic E-state index is 0.226. The van der Waals surface area contributed by atoms with Gasteiger partial charge >= 0.3 is 6.18 Å². The lowest BCUT2D eigenvalue weighted by atomic mass is 10.0. The Morgan fingerprint density at radius 2 is 1.90 bits per heavy atom. The highest BCUT2D eigenvalue weighted by atomic mass is 19.4. The normalized spacial score (nSPS) is 22.7. The molecule has 0 unspecified atom stereocenters. The standard InChI is InChI=1S/C11H16F3N7/c1-10(16-17-10)4-7-20-5-2-8(3-6-20)21-9(11(12,13)14)15-18-19-21/h8H,2-7H2,1H3. The van der Waals surface area contributed by atoms with E-state index in [4.69, 9.17) is 0 Å². The van der Waals surface area contributed by atoms with Gasteiger partial charge in [-0.25, -0.2) is 4.68 Å². The van der Waals surface area contributed by atoms with Crippen molar-refractivity contribution in [2.45, 2.75) is 44.1 Å². The largest absolute Gasteiger partial charge is 0.453 e. The van der Waals surface area contributed by atoms with Crippen molar-refractivity contribution >= 4 is 0 Å². The second-order valence-corrected chi connectivity index (χ2v) is 5.68. The third-order valence-corrected chi connectivity index (χ3v) is 3.99. The predicted octanol–water partition coefficient (Wildman–Crippen LogP) is 1.90. The van der Waals surface area contributed by atoms with Crippen LogP contribution in [0.15, 0.2) is 10.2 Å². The Morgan fingerprint density at radius 3 is 2.48 bits per heavy atom. The van der Waals surface area contributed by atoms with Gasteiger partial charge in [0.2, 0.25) is 0 Å². The number of alkyl halides is 3. The molecule has 3 rings (SSSR count). The number of tetrazole rings is 1. The molecule has 1 aromatic rings. The molecule has 0 radical (unpaired) electrons. The summed E-state index contributed by atoms with van der Waals surface area (Å²) >= 11 is 0. The van der Waals surface area contributed by atoms with E-state index in [1.54, 1.807) is 0 Å². The Balaban J connectivity index is 1.55. The zero-order valence-corrected chi connectivity index (χ0v) is 11.6. The van der Waals surface area contributed by atoms with E-state index in [2.05, 4.69) is 30.7 Å². The fourth-order valence-electron chi connectivity index (χ4n) is 2.57. The van der Waals surface area contributed by atoms with Gasteiger partial charge in [0, 0.05) is 26.1 Å². The number of halogens is 3. The first-order valence-corrected chi connectivity index (χ1v) is 6.89.